The summed E-state index contributed by atoms with van der Waals surface area (Å²) in [5.41, 5.74) is 7.53. The number of fused-ring (bicyclic) bond motifs is 1. The molecule has 3 nitrogen and oxygen atoms in total. The van der Waals surface area contributed by atoms with Gasteiger partial charge in [0, 0.05) is 17.3 Å². The van der Waals surface area contributed by atoms with Gasteiger partial charge in [0.15, 0.2) is 0 Å². The molecule has 0 bridgehead atoms. The van der Waals surface area contributed by atoms with Gasteiger partial charge in [0.05, 0.1) is 0 Å². The predicted molar refractivity (Wildman–Crippen MR) is 60.6 cm³/mol. The average molecular weight is 204 g/mol. The Bertz CT molecular complexity index is 480. The first-order chi connectivity index (χ1) is 7.02. The maximum absolute atomic E-state index is 5.58. The quantitative estimate of drug-likeness (QED) is 0.776. The monoisotopic (exact) mass is 204 g/mol. The lowest BCUT2D eigenvalue weighted by Crippen LogP contribution is -2.09. The van der Waals surface area contributed by atoms with E-state index in [0.717, 1.165) is 22.2 Å². The molecule has 0 aliphatic carbocycles. The minimum Gasteiger partial charge on any atom is -0.360 e. The molecular weight excluding hydrogens is 188 g/mol. The van der Waals surface area contributed by atoms with Crippen LogP contribution in [0.2, 0.25) is 0 Å². The summed E-state index contributed by atoms with van der Waals surface area (Å²) < 4.78 is 5.39. The van der Waals surface area contributed by atoms with Gasteiger partial charge in [-0.2, -0.15) is 0 Å². The molecule has 0 aliphatic heterocycles. The van der Waals surface area contributed by atoms with Crippen LogP contribution in [0.3, 0.4) is 0 Å². The van der Waals surface area contributed by atoms with Crippen molar-refractivity contribution < 1.29 is 4.52 Å². The zero-order valence-corrected chi connectivity index (χ0v) is 9.37. The summed E-state index contributed by atoms with van der Waals surface area (Å²) >= 11 is 0. The van der Waals surface area contributed by atoms with Gasteiger partial charge < -0.3 is 10.3 Å². The Labute approximate surface area is 89.2 Å². The van der Waals surface area contributed by atoms with Crippen LogP contribution in [-0.2, 0) is 12.0 Å². The number of nitrogens with zero attached hydrogens (tertiary/aromatic N) is 1. The van der Waals surface area contributed by atoms with Crippen LogP contribution >= 0.6 is 0 Å². The molecule has 2 aromatic rings. The van der Waals surface area contributed by atoms with Crippen LogP contribution in [0.25, 0.3) is 10.9 Å². The molecule has 1 aromatic heterocycles. The molecule has 0 fully saturated rings. The molecule has 0 amide bonds. The predicted octanol–water partition coefficient (Wildman–Crippen LogP) is 2.58. The Kier molecular flexibility index (Phi) is 2.27. The Morgan fingerprint density at radius 3 is 2.67 bits per heavy atom. The molecule has 0 saturated heterocycles. The molecule has 0 saturated carbocycles. The van der Waals surface area contributed by atoms with Crippen molar-refractivity contribution >= 4 is 10.9 Å². The lowest BCUT2D eigenvalue weighted by atomic mass is 9.91. The van der Waals surface area contributed by atoms with Crippen LogP contribution in [0, 0.1) is 0 Å². The van der Waals surface area contributed by atoms with Gasteiger partial charge in [-0.3, -0.25) is 0 Å². The molecule has 0 aliphatic rings. The van der Waals surface area contributed by atoms with Gasteiger partial charge in [-0.05, 0) is 17.7 Å². The Morgan fingerprint density at radius 2 is 2.07 bits per heavy atom. The molecular formula is C12H16N2O. The zero-order chi connectivity index (χ0) is 11.1. The van der Waals surface area contributed by atoms with Gasteiger partial charge in [0.25, 0.3) is 0 Å². The summed E-state index contributed by atoms with van der Waals surface area (Å²) in [6.07, 6.45) is 0. The largest absolute Gasteiger partial charge is 0.360 e. The van der Waals surface area contributed by atoms with E-state index in [0.29, 0.717) is 6.54 Å². The SMILES string of the molecule is CC(C)(C)c1onc2cc(CN)ccc12. The molecule has 3 heteroatoms. The fraction of sp³-hybridized carbons (Fsp3) is 0.417. The maximum atomic E-state index is 5.58. The Balaban J connectivity index is 2.62. The van der Waals surface area contributed by atoms with Crippen molar-refractivity contribution in [3.63, 3.8) is 0 Å². The number of aromatic nitrogens is 1. The van der Waals surface area contributed by atoms with Gasteiger partial charge in [-0.25, -0.2) is 0 Å². The fourth-order valence-corrected chi connectivity index (χ4v) is 1.66. The van der Waals surface area contributed by atoms with Crippen molar-refractivity contribution in [2.45, 2.75) is 32.7 Å². The van der Waals surface area contributed by atoms with E-state index >= 15 is 0 Å². The topological polar surface area (TPSA) is 52.0 Å². The van der Waals surface area contributed by atoms with Crippen molar-refractivity contribution in [3.05, 3.63) is 29.5 Å². The highest BCUT2D eigenvalue weighted by Gasteiger charge is 2.22. The molecule has 2 rings (SSSR count). The first-order valence-electron chi connectivity index (χ1n) is 5.11. The molecule has 1 aromatic carbocycles. The van der Waals surface area contributed by atoms with Crippen molar-refractivity contribution in [2.75, 3.05) is 0 Å². The summed E-state index contributed by atoms with van der Waals surface area (Å²) in [6.45, 7) is 6.88. The van der Waals surface area contributed by atoms with Crippen LogP contribution in [0.15, 0.2) is 22.7 Å². The second kappa shape index (κ2) is 3.35. The van der Waals surface area contributed by atoms with Crippen molar-refractivity contribution in [3.8, 4) is 0 Å². The van der Waals surface area contributed by atoms with Crippen molar-refractivity contribution in [2.24, 2.45) is 5.73 Å². The van der Waals surface area contributed by atoms with Gasteiger partial charge in [-0.1, -0.05) is 32.0 Å². The van der Waals surface area contributed by atoms with E-state index < -0.39 is 0 Å². The highest BCUT2D eigenvalue weighted by molar-refractivity contribution is 5.81. The summed E-state index contributed by atoms with van der Waals surface area (Å²) in [5.74, 6) is 0.932. The van der Waals surface area contributed by atoms with E-state index in [2.05, 4.69) is 25.9 Å². The number of hydrogen-bond acceptors (Lipinski definition) is 3. The van der Waals surface area contributed by atoms with Crippen LogP contribution < -0.4 is 5.73 Å². The number of benzene rings is 1. The standard InChI is InChI=1S/C12H16N2O/c1-12(2,3)11-9-5-4-8(7-13)6-10(9)14-15-11/h4-6H,7,13H2,1-3H3. The molecule has 0 atom stereocenters. The second-order valence-electron chi connectivity index (χ2n) is 4.82. The van der Waals surface area contributed by atoms with E-state index in [1.165, 1.54) is 0 Å². The fourth-order valence-electron chi connectivity index (χ4n) is 1.66. The smallest absolute Gasteiger partial charge is 0.149 e. The molecule has 1 heterocycles. The minimum absolute atomic E-state index is 0.0149. The Morgan fingerprint density at radius 1 is 1.33 bits per heavy atom. The van der Waals surface area contributed by atoms with Gasteiger partial charge >= 0.3 is 0 Å². The molecule has 0 radical (unpaired) electrons. The first-order valence-corrected chi connectivity index (χ1v) is 5.11. The third-order valence-electron chi connectivity index (χ3n) is 2.46. The first kappa shape index (κ1) is 10.2. The molecule has 2 N–H and O–H groups in total. The second-order valence-corrected chi connectivity index (χ2v) is 4.82. The highest BCUT2D eigenvalue weighted by atomic mass is 16.5. The molecule has 15 heavy (non-hydrogen) atoms. The summed E-state index contributed by atoms with van der Waals surface area (Å²) in [5, 5.41) is 5.15. The van der Waals surface area contributed by atoms with E-state index in [1.54, 1.807) is 0 Å². The van der Waals surface area contributed by atoms with Crippen LogP contribution in [-0.4, -0.2) is 5.16 Å². The van der Waals surface area contributed by atoms with E-state index in [1.807, 2.05) is 18.2 Å². The minimum atomic E-state index is -0.0149. The van der Waals surface area contributed by atoms with Crippen molar-refractivity contribution in [1.82, 2.24) is 5.16 Å². The lowest BCUT2D eigenvalue weighted by molar-refractivity contribution is 0.336. The van der Waals surface area contributed by atoms with Crippen LogP contribution in [0.4, 0.5) is 0 Å². The number of rotatable bonds is 1. The summed E-state index contributed by atoms with van der Waals surface area (Å²) in [4.78, 5) is 0. The zero-order valence-electron chi connectivity index (χ0n) is 9.37. The van der Waals surface area contributed by atoms with Crippen molar-refractivity contribution in [1.29, 1.82) is 0 Å². The van der Waals surface area contributed by atoms with Gasteiger partial charge in [0.2, 0.25) is 0 Å². The summed E-state index contributed by atoms with van der Waals surface area (Å²) in [6, 6.07) is 6.04. The number of hydrogen-bond donors (Lipinski definition) is 1. The summed E-state index contributed by atoms with van der Waals surface area (Å²) in [7, 11) is 0. The Hall–Kier alpha value is -1.35. The lowest BCUT2D eigenvalue weighted by Gasteiger charge is -2.13. The van der Waals surface area contributed by atoms with Crippen LogP contribution in [0.5, 0.6) is 0 Å². The van der Waals surface area contributed by atoms with Gasteiger partial charge in [0.1, 0.15) is 11.3 Å². The third-order valence-corrected chi connectivity index (χ3v) is 2.46. The maximum Gasteiger partial charge on any atom is 0.149 e. The van der Waals surface area contributed by atoms with Gasteiger partial charge in [-0.15, -0.1) is 0 Å². The van der Waals surface area contributed by atoms with E-state index in [9.17, 15) is 0 Å². The molecule has 0 unspecified atom stereocenters. The molecule has 0 spiro atoms. The van der Waals surface area contributed by atoms with Crippen LogP contribution in [0.1, 0.15) is 32.1 Å². The average Bonchev–Trinajstić information content (AvgIpc) is 2.59. The van der Waals surface area contributed by atoms with E-state index in [4.69, 9.17) is 10.3 Å². The highest BCUT2D eigenvalue weighted by Crippen LogP contribution is 2.30. The normalized spacial score (nSPS) is 12.3. The van der Waals surface area contributed by atoms with E-state index in [-0.39, 0.29) is 5.41 Å². The number of nitrogens with two attached hydrogens (primary N) is 1. The molecule has 80 valence electrons. The third kappa shape index (κ3) is 1.75.